The maximum atomic E-state index is 5.50. The molecular formula is C9H20N2O. The first-order valence-corrected chi connectivity index (χ1v) is 4.62. The minimum Gasteiger partial charge on any atom is -0.380 e. The van der Waals surface area contributed by atoms with Crippen LogP contribution < -0.4 is 10.6 Å². The second-order valence-corrected chi connectivity index (χ2v) is 4.11. The predicted octanol–water partition coefficient (Wildman–Crippen LogP) is 0.220. The average Bonchev–Trinajstić information content (AvgIpc) is 2.15. The third kappa shape index (κ3) is 2.44. The Kier molecular flexibility index (Phi) is 3.50. The number of rotatable bonds is 2. The molecule has 0 spiro atoms. The molecular weight excluding hydrogens is 152 g/mol. The van der Waals surface area contributed by atoms with Gasteiger partial charge in [-0.2, -0.15) is 0 Å². The number of likely N-dealkylation sites (N-methyl/N-ethyl adjacent to an activating group) is 1. The van der Waals surface area contributed by atoms with Crippen LogP contribution >= 0.6 is 0 Å². The minimum absolute atomic E-state index is 0.236. The molecule has 1 aliphatic heterocycles. The SMILES string of the molecule is CNCC1NCCOCC1(C)C. The summed E-state index contributed by atoms with van der Waals surface area (Å²) in [4.78, 5) is 0. The number of hydrogen-bond donors (Lipinski definition) is 2. The fourth-order valence-electron chi connectivity index (χ4n) is 1.57. The van der Waals surface area contributed by atoms with Crippen molar-refractivity contribution in [2.24, 2.45) is 5.41 Å². The first kappa shape index (κ1) is 9.96. The van der Waals surface area contributed by atoms with E-state index in [1.54, 1.807) is 0 Å². The van der Waals surface area contributed by atoms with Gasteiger partial charge in [-0.15, -0.1) is 0 Å². The zero-order chi connectivity index (χ0) is 9.03. The Morgan fingerprint density at radius 3 is 3.00 bits per heavy atom. The molecule has 0 saturated carbocycles. The Hall–Kier alpha value is -0.120. The summed E-state index contributed by atoms with van der Waals surface area (Å²) in [6.07, 6.45) is 0. The third-order valence-corrected chi connectivity index (χ3v) is 2.46. The summed E-state index contributed by atoms with van der Waals surface area (Å²) in [5, 5.41) is 6.69. The van der Waals surface area contributed by atoms with Crippen LogP contribution in [-0.4, -0.2) is 39.4 Å². The van der Waals surface area contributed by atoms with E-state index >= 15 is 0 Å². The minimum atomic E-state index is 0.236. The third-order valence-electron chi connectivity index (χ3n) is 2.46. The van der Waals surface area contributed by atoms with Gasteiger partial charge in [-0.05, 0) is 7.05 Å². The van der Waals surface area contributed by atoms with E-state index < -0.39 is 0 Å². The van der Waals surface area contributed by atoms with Crippen LogP contribution in [0.1, 0.15) is 13.8 Å². The van der Waals surface area contributed by atoms with Crippen molar-refractivity contribution in [3.05, 3.63) is 0 Å². The summed E-state index contributed by atoms with van der Waals surface area (Å²) in [7, 11) is 1.99. The van der Waals surface area contributed by atoms with E-state index in [2.05, 4.69) is 24.5 Å². The predicted molar refractivity (Wildman–Crippen MR) is 50.3 cm³/mol. The van der Waals surface area contributed by atoms with E-state index in [0.29, 0.717) is 6.04 Å². The van der Waals surface area contributed by atoms with Crippen LogP contribution in [-0.2, 0) is 4.74 Å². The quantitative estimate of drug-likeness (QED) is 0.625. The maximum absolute atomic E-state index is 5.50. The van der Waals surface area contributed by atoms with E-state index in [1.165, 1.54) is 0 Å². The lowest BCUT2D eigenvalue weighted by atomic mass is 9.85. The molecule has 12 heavy (non-hydrogen) atoms. The van der Waals surface area contributed by atoms with E-state index in [1.807, 2.05) is 7.05 Å². The van der Waals surface area contributed by atoms with Gasteiger partial charge in [0.05, 0.1) is 13.2 Å². The van der Waals surface area contributed by atoms with Crippen LogP contribution in [0.4, 0.5) is 0 Å². The first-order chi connectivity index (χ1) is 5.67. The molecule has 0 aromatic heterocycles. The largest absolute Gasteiger partial charge is 0.380 e. The molecule has 3 nitrogen and oxygen atoms in total. The zero-order valence-corrected chi connectivity index (χ0v) is 8.31. The lowest BCUT2D eigenvalue weighted by Gasteiger charge is -2.32. The molecule has 0 bridgehead atoms. The fourth-order valence-corrected chi connectivity index (χ4v) is 1.57. The molecule has 0 aromatic carbocycles. The molecule has 1 saturated heterocycles. The van der Waals surface area contributed by atoms with Crippen molar-refractivity contribution in [1.82, 2.24) is 10.6 Å². The van der Waals surface area contributed by atoms with E-state index in [9.17, 15) is 0 Å². The molecule has 1 heterocycles. The summed E-state index contributed by atoms with van der Waals surface area (Å²) >= 11 is 0. The lowest BCUT2D eigenvalue weighted by molar-refractivity contribution is 0.0743. The van der Waals surface area contributed by atoms with Gasteiger partial charge in [-0.3, -0.25) is 0 Å². The molecule has 0 radical (unpaired) electrons. The molecule has 1 fully saturated rings. The second-order valence-electron chi connectivity index (χ2n) is 4.11. The van der Waals surface area contributed by atoms with Crippen molar-refractivity contribution in [1.29, 1.82) is 0 Å². The summed E-state index contributed by atoms with van der Waals surface area (Å²) in [6.45, 7) is 8.16. The molecule has 2 N–H and O–H groups in total. The normalized spacial score (nSPS) is 29.8. The highest BCUT2D eigenvalue weighted by molar-refractivity contribution is 4.86. The van der Waals surface area contributed by atoms with Gasteiger partial charge >= 0.3 is 0 Å². The Balaban J connectivity index is 2.52. The van der Waals surface area contributed by atoms with E-state index in [4.69, 9.17) is 4.74 Å². The maximum Gasteiger partial charge on any atom is 0.0591 e. The molecule has 1 aliphatic rings. The van der Waals surface area contributed by atoms with Crippen LogP contribution in [0, 0.1) is 5.41 Å². The molecule has 0 aliphatic carbocycles. The van der Waals surface area contributed by atoms with Gasteiger partial charge in [0, 0.05) is 24.5 Å². The number of hydrogen-bond acceptors (Lipinski definition) is 3. The Labute approximate surface area is 74.9 Å². The van der Waals surface area contributed by atoms with Crippen LogP contribution in [0.3, 0.4) is 0 Å². The van der Waals surface area contributed by atoms with E-state index in [-0.39, 0.29) is 5.41 Å². The van der Waals surface area contributed by atoms with Crippen LogP contribution in [0.2, 0.25) is 0 Å². The van der Waals surface area contributed by atoms with Crippen molar-refractivity contribution in [3.8, 4) is 0 Å². The number of ether oxygens (including phenoxy) is 1. The van der Waals surface area contributed by atoms with Gasteiger partial charge in [-0.25, -0.2) is 0 Å². The standard InChI is InChI=1S/C9H20N2O/c1-9(2)7-12-5-4-11-8(9)6-10-3/h8,10-11H,4-7H2,1-3H3. The zero-order valence-electron chi connectivity index (χ0n) is 8.31. The smallest absolute Gasteiger partial charge is 0.0591 e. The van der Waals surface area contributed by atoms with E-state index in [0.717, 1.165) is 26.3 Å². The van der Waals surface area contributed by atoms with Crippen molar-refractivity contribution < 1.29 is 4.74 Å². The summed E-state index contributed by atoms with van der Waals surface area (Å²) in [5.74, 6) is 0. The molecule has 1 rings (SSSR count). The molecule has 1 atom stereocenters. The van der Waals surface area contributed by atoms with Crippen LogP contribution in [0.25, 0.3) is 0 Å². The van der Waals surface area contributed by atoms with Crippen LogP contribution in [0.15, 0.2) is 0 Å². The van der Waals surface area contributed by atoms with Crippen molar-refractivity contribution in [3.63, 3.8) is 0 Å². The molecule has 1 unspecified atom stereocenters. The fraction of sp³-hybridized carbons (Fsp3) is 1.00. The van der Waals surface area contributed by atoms with Gasteiger partial charge in [0.2, 0.25) is 0 Å². The van der Waals surface area contributed by atoms with Crippen molar-refractivity contribution in [2.45, 2.75) is 19.9 Å². The Morgan fingerprint density at radius 1 is 1.58 bits per heavy atom. The Morgan fingerprint density at radius 2 is 2.33 bits per heavy atom. The van der Waals surface area contributed by atoms with Crippen molar-refractivity contribution >= 4 is 0 Å². The second kappa shape index (κ2) is 4.21. The van der Waals surface area contributed by atoms with Crippen molar-refractivity contribution in [2.75, 3.05) is 33.4 Å². The highest BCUT2D eigenvalue weighted by Crippen LogP contribution is 2.22. The summed E-state index contributed by atoms with van der Waals surface area (Å²) < 4.78 is 5.50. The average molecular weight is 172 g/mol. The summed E-state index contributed by atoms with van der Waals surface area (Å²) in [6, 6.07) is 0.519. The molecule has 3 heteroatoms. The molecule has 72 valence electrons. The monoisotopic (exact) mass is 172 g/mol. The van der Waals surface area contributed by atoms with Gasteiger partial charge in [0.1, 0.15) is 0 Å². The highest BCUT2D eigenvalue weighted by Gasteiger charge is 2.30. The molecule has 0 aromatic rings. The van der Waals surface area contributed by atoms with Gasteiger partial charge < -0.3 is 15.4 Å². The topological polar surface area (TPSA) is 33.3 Å². The van der Waals surface area contributed by atoms with Crippen LogP contribution in [0.5, 0.6) is 0 Å². The van der Waals surface area contributed by atoms with Gasteiger partial charge in [0.15, 0.2) is 0 Å². The Bertz CT molecular complexity index is 136. The highest BCUT2D eigenvalue weighted by atomic mass is 16.5. The number of nitrogens with one attached hydrogen (secondary N) is 2. The molecule has 0 amide bonds. The first-order valence-electron chi connectivity index (χ1n) is 4.62. The van der Waals surface area contributed by atoms with Gasteiger partial charge in [-0.1, -0.05) is 13.8 Å². The summed E-state index contributed by atoms with van der Waals surface area (Å²) in [5.41, 5.74) is 0.236. The lowest BCUT2D eigenvalue weighted by Crippen LogP contribution is -2.48. The van der Waals surface area contributed by atoms with Gasteiger partial charge in [0.25, 0.3) is 0 Å².